The maximum Gasteiger partial charge on any atom is 0.283 e. The minimum Gasteiger partial charge on any atom is -0.497 e. The molecule has 34 heavy (non-hydrogen) atoms. The molecule has 0 fully saturated rings. The number of hydrogen-bond acceptors (Lipinski definition) is 7. The molecule has 0 aliphatic heterocycles. The van der Waals surface area contributed by atoms with Crippen LogP contribution in [0.3, 0.4) is 0 Å². The van der Waals surface area contributed by atoms with Gasteiger partial charge in [0.25, 0.3) is 11.5 Å². The van der Waals surface area contributed by atoms with Crippen molar-refractivity contribution in [3.8, 4) is 5.75 Å². The van der Waals surface area contributed by atoms with Crippen LogP contribution in [0, 0.1) is 6.92 Å². The van der Waals surface area contributed by atoms with Crippen molar-refractivity contribution in [2.75, 3.05) is 17.7 Å². The first-order chi connectivity index (χ1) is 16.4. The zero-order valence-electron chi connectivity index (χ0n) is 18.1. The van der Waals surface area contributed by atoms with E-state index < -0.39 is 0 Å². The molecule has 0 bridgehead atoms. The number of ether oxygens (including phenoxy) is 1. The molecule has 3 aromatic carbocycles. The van der Waals surface area contributed by atoms with E-state index in [0.29, 0.717) is 43.0 Å². The smallest absolute Gasteiger partial charge is 0.283 e. The van der Waals surface area contributed by atoms with Crippen LogP contribution in [0.15, 0.2) is 65.5 Å². The molecule has 0 spiro atoms. The van der Waals surface area contributed by atoms with Crippen molar-refractivity contribution >= 4 is 61.2 Å². The second-order valence-electron chi connectivity index (χ2n) is 7.47. The van der Waals surface area contributed by atoms with Gasteiger partial charge in [0.15, 0.2) is 0 Å². The summed E-state index contributed by atoms with van der Waals surface area (Å²) in [4.78, 5) is 30.7. The lowest BCUT2D eigenvalue weighted by Crippen LogP contribution is -2.16. The number of carbonyl (C=O) groups excluding carboxylic acids is 1. The largest absolute Gasteiger partial charge is 0.497 e. The highest BCUT2D eigenvalue weighted by molar-refractivity contribution is 7.20. The van der Waals surface area contributed by atoms with Crippen LogP contribution >= 0.6 is 22.9 Å². The fourth-order valence-electron chi connectivity index (χ4n) is 3.44. The number of nitrogens with one attached hydrogen (secondary N) is 2. The van der Waals surface area contributed by atoms with E-state index >= 15 is 0 Å². The van der Waals surface area contributed by atoms with Crippen LogP contribution in [-0.2, 0) is 0 Å². The number of halogens is 1. The summed E-state index contributed by atoms with van der Waals surface area (Å²) in [6, 6.07) is 17.3. The predicted octanol–water partition coefficient (Wildman–Crippen LogP) is 5.27. The van der Waals surface area contributed by atoms with Crippen molar-refractivity contribution in [1.82, 2.24) is 14.6 Å². The first-order valence-corrected chi connectivity index (χ1v) is 11.4. The Labute approximate surface area is 202 Å². The molecule has 0 saturated carbocycles. The minimum atomic E-state index is -0.311. The van der Waals surface area contributed by atoms with E-state index in [1.807, 2.05) is 25.1 Å². The molecule has 0 radical (unpaired) electrons. The van der Waals surface area contributed by atoms with Crippen LogP contribution < -0.4 is 20.9 Å². The number of carbonyl (C=O) groups is 1. The Bertz CT molecular complexity index is 1610. The summed E-state index contributed by atoms with van der Waals surface area (Å²) in [5.74, 6) is 0.387. The zero-order valence-corrected chi connectivity index (χ0v) is 19.7. The molecule has 2 aromatic heterocycles. The topological polar surface area (TPSA) is 97.6 Å². The SMILES string of the molecule is COc1ccc(NC(=O)c2ccc3c(=O)n4nc(Nc5cccc(Cl)c5C)sc4nc3c2)cc1. The highest BCUT2D eigenvalue weighted by atomic mass is 35.5. The Morgan fingerprint density at radius 3 is 2.68 bits per heavy atom. The highest BCUT2D eigenvalue weighted by Crippen LogP contribution is 2.28. The standard InChI is InChI=1S/C24H18ClN5O3S/c1-13-18(25)4-3-5-19(13)27-23-29-30-22(32)17-11-6-14(12-20(17)28-24(30)34-23)21(31)26-15-7-9-16(33-2)10-8-15/h3-12H,1-2H3,(H,26,31)(H,27,29). The summed E-state index contributed by atoms with van der Waals surface area (Å²) in [7, 11) is 1.58. The Hall–Kier alpha value is -3.95. The van der Waals surface area contributed by atoms with Crippen LogP contribution in [0.25, 0.3) is 15.9 Å². The van der Waals surface area contributed by atoms with Crippen LogP contribution in [0.4, 0.5) is 16.5 Å². The summed E-state index contributed by atoms with van der Waals surface area (Å²) < 4.78 is 6.39. The van der Waals surface area contributed by atoms with E-state index in [0.717, 1.165) is 11.3 Å². The van der Waals surface area contributed by atoms with Gasteiger partial charge < -0.3 is 15.4 Å². The van der Waals surface area contributed by atoms with Crippen LogP contribution in [-0.4, -0.2) is 27.6 Å². The van der Waals surface area contributed by atoms with Gasteiger partial charge in [-0.3, -0.25) is 9.59 Å². The van der Waals surface area contributed by atoms with Crippen molar-refractivity contribution in [2.45, 2.75) is 6.92 Å². The Balaban J connectivity index is 1.47. The molecule has 0 aliphatic carbocycles. The van der Waals surface area contributed by atoms with E-state index in [4.69, 9.17) is 16.3 Å². The Kier molecular flexibility index (Phi) is 5.64. The molecular weight excluding hydrogens is 474 g/mol. The van der Waals surface area contributed by atoms with Gasteiger partial charge in [0.2, 0.25) is 10.1 Å². The van der Waals surface area contributed by atoms with E-state index in [1.54, 1.807) is 49.6 Å². The van der Waals surface area contributed by atoms with Gasteiger partial charge in [-0.25, -0.2) is 4.98 Å². The van der Waals surface area contributed by atoms with Gasteiger partial charge in [0, 0.05) is 22.0 Å². The first kappa shape index (κ1) is 21.9. The van der Waals surface area contributed by atoms with E-state index in [-0.39, 0.29) is 11.5 Å². The maximum atomic E-state index is 13.0. The van der Waals surface area contributed by atoms with Crippen molar-refractivity contribution in [2.24, 2.45) is 0 Å². The van der Waals surface area contributed by atoms with Crippen molar-refractivity contribution in [1.29, 1.82) is 0 Å². The molecule has 0 saturated heterocycles. The van der Waals surface area contributed by atoms with Gasteiger partial charge in [-0.2, -0.15) is 4.52 Å². The fraction of sp³-hybridized carbons (Fsp3) is 0.0833. The number of hydrogen-bond donors (Lipinski definition) is 2. The lowest BCUT2D eigenvalue weighted by molar-refractivity contribution is 0.102. The average molecular weight is 492 g/mol. The summed E-state index contributed by atoms with van der Waals surface area (Å²) in [5.41, 5.74) is 2.79. The lowest BCUT2D eigenvalue weighted by atomic mass is 10.1. The van der Waals surface area contributed by atoms with Crippen LogP contribution in [0.5, 0.6) is 5.75 Å². The zero-order chi connectivity index (χ0) is 23.8. The van der Waals surface area contributed by atoms with Crippen molar-refractivity contribution in [3.63, 3.8) is 0 Å². The lowest BCUT2D eigenvalue weighted by Gasteiger charge is -2.07. The number of fused-ring (bicyclic) bond motifs is 2. The number of rotatable bonds is 5. The fourth-order valence-corrected chi connectivity index (χ4v) is 4.42. The molecule has 8 nitrogen and oxygen atoms in total. The number of aromatic nitrogens is 3. The molecule has 5 aromatic rings. The summed E-state index contributed by atoms with van der Waals surface area (Å²) in [5, 5.41) is 11.9. The van der Waals surface area contributed by atoms with Crippen molar-refractivity contribution < 1.29 is 9.53 Å². The van der Waals surface area contributed by atoms with Gasteiger partial charge in [0.05, 0.1) is 18.0 Å². The van der Waals surface area contributed by atoms with E-state index in [2.05, 4.69) is 20.7 Å². The first-order valence-electron chi connectivity index (χ1n) is 10.2. The van der Waals surface area contributed by atoms with Gasteiger partial charge >= 0.3 is 0 Å². The van der Waals surface area contributed by atoms with E-state index in [9.17, 15) is 9.59 Å². The number of amides is 1. The normalized spacial score (nSPS) is 11.0. The van der Waals surface area contributed by atoms with Gasteiger partial charge in [-0.15, -0.1) is 5.10 Å². The van der Waals surface area contributed by atoms with E-state index in [1.165, 1.54) is 15.9 Å². The highest BCUT2D eigenvalue weighted by Gasteiger charge is 2.14. The van der Waals surface area contributed by atoms with Gasteiger partial charge in [-0.1, -0.05) is 29.0 Å². The summed E-state index contributed by atoms with van der Waals surface area (Å²) in [6.07, 6.45) is 0. The number of nitrogens with zero attached hydrogens (tertiary/aromatic N) is 3. The monoisotopic (exact) mass is 491 g/mol. The Morgan fingerprint density at radius 2 is 1.91 bits per heavy atom. The molecule has 0 unspecified atom stereocenters. The molecule has 170 valence electrons. The third-order valence-corrected chi connectivity index (χ3v) is 6.55. The predicted molar refractivity (Wildman–Crippen MR) is 135 cm³/mol. The number of anilines is 3. The molecule has 10 heteroatoms. The van der Waals surface area contributed by atoms with Gasteiger partial charge in [0.1, 0.15) is 5.75 Å². The summed E-state index contributed by atoms with van der Waals surface area (Å²) in [6.45, 7) is 1.90. The van der Waals surface area contributed by atoms with Crippen LogP contribution in [0.1, 0.15) is 15.9 Å². The molecule has 0 aliphatic rings. The maximum absolute atomic E-state index is 13.0. The second kappa shape index (κ2) is 8.77. The quantitative estimate of drug-likeness (QED) is 0.347. The molecule has 1 amide bonds. The second-order valence-corrected chi connectivity index (χ2v) is 8.83. The number of benzene rings is 3. The summed E-state index contributed by atoms with van der Waals surface area (Å²) >= 11 is 7.43. The third kappa shape index (κ3) is 4.07. The van der Waals surface area contributed by atoms with Crippen LogP contribution in [0.2, 0.25) is 5.02 Å². The molecule has 2 heterocycles. The molecule has 5 rings (SSSR count). The van der Waals surface area contributed by atoms with Gasteiger partial charge in [-0.05, 0) is 67.1 Å². The average Bonchev–Trinajstić information content (AvgIpc) is 3.25. The Morgan fingerprint density at radius 1 is 1.12 bits per heavy atom. The minimum absolute atomic E-state index is 0.308. The number of methoxy groups -OCH3 is 1. The molecule has 2 N–H and O–H groups in total. The molecular formula is C24H18ClN5O3S. The third-order valence-electron chi connectivity index (χ3n) is 5.32. The molecule has 0 atom stereocenters. The van der Waals surface area contributed by atoms with Crippen molar-refractivity contribution in [3.05, 3.63) is 87.2 Å².